The molecular weight excluding hydrogens is 416 g/mol. The molecule has 0 aromatic heterocycles. The Bertz CT molecular complexity index is 1080. The smallest absolute Gasteiger partial charge is 0.229 e. The highest BCUT2D eigenvalue weighted by Crippen LogP contribution is 2.66. The number of methoxy groups -OCH3 is 2. The van der Waals surface area contributed by atoms with Crippen molar-refractivity contribution in [2.24, 2.45) is 5.92 Å². The van der Waals surface area contributed by atoms with E-state index in [1.54, 1.807) is 25.2 Å². The van der Waals surface area contributed by atoms with E-state index < -0.39 is 34.7 Å². The second-order valence-electron chi connectivity index (χ2n) is 9.95. The molecule has 9 nitrogen and oxygen atoms in total. The van der Waals surface area contributed by atoms with Gasteiger partial charge in [-0.3, -0.25) is 9.59 Å². The fraction of sp³-hybridized carbons (Fsp3) is 0.652. The van der Waals surface area contributed by atoms with Gasteiger partial charge in [-0.25, -0.2) is 0 Å². The van der Waals surface area contributed by atoms with Gasteiger partial charge < -0.3 is 34.3 Å². The minimum Gasteiger partial charge on any atom is -0.493 e. The second kappa shape index (κ2) is 5.83. The maximum Gasteiger partial charge on any atom is 0.229 e. The van der Waals surface area contributed by atoms with Gasteiger partial charge in [0.2, 0.25) is 5.91 Å². The molecular formula is C23H26N2O7. The van der Waals surface area contributed by atoms with Crippen molar-refractivity contribution < 1.29 is 33.6 Å². The highest BCUT2D eigenvalue weighted by molar-refractivity contribution is 6.07. The monoisotopic (exact) mass is 442 g/mol. The van der Waals surface area contributed by atoms with Crippen molar-refractivity contribution >= 4 is 17.4 Å². The first kappa shape index (κ1) is 19.3. The van der Waals surface area contributed by atoms with Gasteiger partial charge in [0.1, 0.15) is 23.1 Å². The zero-order valence-electron chi connectivity index (χ0n) is 18.1. The summed E-state index contributed by atoms with van der Waals surface area (Å²) in [4.78, 5) is 29.4. The Hall–Kier alpha value is -2.20. The first-order valence-corrected chi connectivity index (χ1v) is 11.3. The molecule has 5 heterocycles. The zero-order valence-corrected chi connectivity index (χ0v) is 18.1. The molecule has 4 saturated heterocycles. The number of carbonyl (C=O) groups excluding carboxylic acids is 2. The largest absolute Gasteiger partial charge is 0.493 e. The number of amides is 1. The predicted octanol–water partition coefficient (Wildman–Crippen LogP) is -0.0897. The van der Waals surface area contributed by atoms with E-state index >= 15 is 0 Å². The SMILES string of the molecule is COc1cc2c(cc1OC)[C@@]13CCNC[C@@]45O[C@@H]4CO[C@@H]4CC(=O)N2[C@H]1[C@H]4[C@@]5(O)CC3=O. The molecule has 1 saturated carbocycles. The Morgan fingerprint density at radius 3 is 2.78 bits per heavy atom. The predicted molar refractivity (Wildman–Crippen MR) is 110 cm³/mol. The summed E-state index contributed by atoms with van der Waals surface area (Å²) in [6.45, 7) is 1.36. The van der Waals surface area contributed by atoms with E-state index in [-0.39, 0.29) is 30.6 Å². The maximum atomic E-state index is 14.1. The lowest BCUT2D eigenvalue weighted by Gasteiger charge is -2.57. The number of aliphatic hydroxyl groups is 1. The molecule has 9 heteroatoms. The number of epoxide rings is 1. The number of rotatable bonds is 2. The summed E-state index contributed by atoms with van der Waals surface area (Å²) >= 11 is 0. The maximum absolute atomic E-state index is 14.1. The van der Waals surface area contributed by atoms with Crippen LogP contribution in [-0.2, 0) is 24.5 Å². The van der Waals surface area contributed by atoms with Crippen LogP contribution in [0.4, 0.5) is 5.69 Å². The lowest BCUT2D eigenvalue weighted by Crippen LogP contribution is -2.74. The zero-order chi connectivity index (χ0) is 22.0. The average molecular weight is 442 g/mol. The van der Waals surface area contributed by atoms with E-state index in [4.69, 9.17) is 18.9 Å². The topological polar surface area (TPSA) is 110 Å². The normalized spacial score (nSPS) is 45.3. The second-order valence-corrected chi connectivity index (χ2v) is 9.95. The number of hydrogen-bond acceptors (Lipinski definition) is 8. The number of Topliss-reactive ketones (excluding diaryl/α,β-unsaturated/α-hetero) is 1. The van der Waals surface area contributed by atoms with Crippen LogP contribution in [0.15, 0.2) is 12.1 Å². The first-order chi connectivity index (χ1) is 15.4. The third-order valence-corrected chi connectivity index (χ3v) is 8.98. The number of nitrogens with one attached hydrogen (secondary N) is 1. The average Bonchev–Trinajstić information content (AvgIpc) is 3.42. The number of benzene rings is 1. The number of anilines is 1. The number of nitrogens with zero attached hydrogens (tertiary/aromatic N) is 1. The van der Waals surface area contributed by atoms with Crippen LogP contribution < -0.4 is 19.7 Å². The molecule has 0 radical (unpaired) electrons. The van der Waals surface area contributed by atoms with E-state index in [1.807, 2.05) is 6.07 Å². The van der Waals surface area contributed by atoms with Gasteiger partial charge >= 0.3 is 0 Å². The third-order valence-electron chi connectivity index (χ3n) is 8.98. The molecule has 1 amide bonds. The molecule has 7 rings (SSSR count). The van der Waals surface area contributed by atoms with Crippen molar-refractivity contribution in [2.75, 3.05) is 38.8 Å². The molecule has 4 bridgehead atoms. The van der Waals surface area contributed by atoms with Gasteiger partial charge in [-0.15, -0.1) is 0 Å². The number of carbonyl (C=O) groups is 2. The fourth-order valence-corrected chi connectivity index (χ4v) is 7.58. The summed E-state index contributed by atoms with van der Waals surface area (Å²) in [5.74, 6) is 0.438. The summed E-state index contributed by atoms with van der Waals surface area (Å²) in [6, 6.07) is 3.10. The molecule has 5 aliphatic heterocycles. The molecule has 1 spiro atoms. The van der Waals surface area contributed by atoms with Crippen molar-refractivity contribution in [2.45, 2.75) is 54.1 Å². The Balaban J connectivity index is 1.54. The molecule has 1 aromatic rings. The molecule has 5 fully saturated rings. The highest BCUT2D eigenvalue weighted by atomic mass is 16.7. The Morgan fingerprint density at radius 2 is 2.00 bits per heavy atom. The van der Waals surface area contributed by atoms with Crippen LogP contribution in [0.2, 0.25) is 0 Å². The summed E-state index contributed by atoms with van der Waals surface area (Å²) in [5, 5.41) is 15.7. The summed E-state index contributed by atoms with van der Waals surface area (Å²) in [5.41, 5.74) is -1.78. The molecule has 170 valence electrons. The molecule has 0 unspecified atom stereocenters. The van der Waals surface area contributed by atoms with Gasteiger partial charge in [0.05, 0.1) is 50.5 Å². The standard InChI is InChI=1S/C23H26N2O7/c1-29-13-5-11-12(6-14(13)30-2)25-18(27)7-15-19-20(25)21(11)3-4-24-10-23(17(32-23)9-31-15)22(19,28)8-16(21)26/h5-6,15,17,19-20,24,28H,3-4,7-10H2,1-2H3/t15-,17-,19+,20+,21-,22+,23-/m1/s1. The van der Waals surface area contributed by atoms with Crippen LogP contribution in [0.25, 0.3) is 0 Å². The first-order valence-electron chi connectivity index (χ1n) is 11.3. The fourth-order valence-electron chi connectivity index (χ4n) is 7.58. The van der Waals surface area contributed by atoms with Crippen LogP contribution in [0, 0.1) is 5.92 Å². The molecule has 1 aromatic carbocycles. The minimum atomic E-state index is -1.41. The van der Waals surface area contributed by atoms with Gasteiger partial charge in [-0.1, -0.05) is 0 Å². The quantitative estimate of drug-likeness (QED) is 0.612. The molecule has 1 aliphatic carbocycles. The number of ether oxygens (including phenoxy) is 4. The van der Waals surface area contributed by atoms with Crippen molar-refractivity contribution in [3.63, 3.8) is 0 Å². The lowest BCUT2D eigenvalue weighted by molar-refractivity contribution is -0.181. The van der Waals surface area contributed by atoms with Gasteiger partial charge in [-0.2, -0.15) is 0 Å². The van der Waals surface area contributed by atoms with Crippen LogP contribution in [-0.4, -0.2) is 80.2 Å². The van der Waals surface area contributed by atoms with Crippen molar-refractivity contribution in [3.8, 4) is 11.5 Å². The number of piperidine rings is 1. The van der Waals surface area contributed by atoms with Crippen molar-refractivity contribution in [1.82, 2.24) is 5.32 Å². The van der Waals surface area contributed by atoms with E-state index in [9.17, 15) is 14.7 Å². The number of hydrogen-bond donors (Lipinski definition) is 2. The highest BCUT2D eigenvalue weighted by Gasteiger charge is 2.81. The Labute approximate surface area is 184 Å². The molecule has 32 heavy (non-hydrogen) atoms. The van der Waals surface area contributed by atoms with E-state index in [0.29, 0.717) is 43.3 Å². The van der Waals surface area contributed by atoms with E-state index in [0.717, 1.165) is 5.56 Å². The van der Waals surface area contributed by atoms with Gasteiger partial charge in [0, 0.05) is 24.9 Å². The van der Waals surface area contributed by atoms with Gasteiger partial charge in [-0.05, 0) is 24.6 Å². The molecule has 2 N–H and O–H groups in total. The minimum absolute atomic E-state index is 0.0119. The third kappa shape index (κ3) is 1.89. The van der Waals surface area contributed by atoms with Crippen LogP contribution >= 0.6 is 0 Å². The lowest BCUT2D eigenvalue weighted by atomic mass is 9.52. The molecule has 6 aliphatic rings. The van der Waals surface area contributed by atoms with Crippen molar-refractivity contribution in [3.05, 3.63) is 17.7 Å². The van der Waals surface area contributed by atoms with Crippen molar-refractivity contribution in [1.29, 1.82) is 0 Å². The Kier molecular flexibility index (Phi) is 3.51. The van der Waals surface area contributed by atoms with Gasteiger partial charge in [0.25, 0.3) is 0 Å². The van der Waals surface area contributed by atoms with E-state index in [2.05, 4.69) is 5.32 Å². The summed E-state index contributed by atoms with van der Waals surface area (Å²) < 4.78 is 23.4. The summed E-state index contributed by atoms with van der Waals surface area (Å²) in [7, 11) is 3.11. The Morgan fingerprint density at radius 1 is 1.22 bits per heavy atom. The summed E-state index contributed by atoms with van der Waals surface area (Å²) in [6.07, 6.45) is -0.0648. The number of ketones is 1. The van der Waals surface area contributed by atoms with E-state index in [1.165, 1.54) is 0 Å². The molecule has 7 atom stereocenters. The van der Waals surface area contributed by atoms with Gasteiger partial charge in [0.15, 0.2) is 11.5 Å². The van der Waals surface area contributed by atoms with Crippen LogP contribution in [0.5, 0.6) is 11.5 Å². The van der Waals surface area contributed by atoms with Crippen LogP contribution in [0.1, 0.15) is 24.8 Å². The number of fused-ring (bicyclic) bond motifs is 2. The van der Waals surface area contributed by atoms with Crippen LogP contribution in [0.3, 0.4) is 0 Å².